The molecule has 0 N–H and O–H groups in total. The van der Waals surface area contributed by atoms with Crippen LogP contribution in [0.4, 0.5) is 0 Å². The molecule has 0 bridgehead atoms. The van der Waals surface area contributed by atoms with Gasteiger partial charge < -0.3 is 22.6 Å². The van der Waals surface area contributed by atoms with Crippen molar-refractivity contribution in [1.29, 1.82) is 0 Å². The van der Waals surface area contributed by atoms with Gasteiger partial charge >= 0.3 is 17.1 Å². The maximum absolute atomic E-state index is 6.13. The second-order valence-corrected chi connectivity index (χ2v) is 14.5. The third kappa shape index (κ3) is 10.9. The van der Waals surface area contributed by atoms with E-state index in [2.05, 4.69) is 53.4 Å². The number of nitrogens with zero attached hydrogens (tertiary/aromatic N) is 1. The Balaban J connectivity index is 4.61. The molecule has 0 aliphatic heterocycles. The van der Waals surface area contributed by atoms with Crippen LogP contribution in [0.3, 0.4) is 0 Å². The first-order valence-electron chi connectivity index (χ1n) is 11.8. The Morgan fingerprint density at radius 3 is 1.14 bits per heavy atom. The van der Waals surface area contributed by atoms with Gasteiger partial charge in [-0.3, -0.25) is 0 Å². The summed E-state index contributed by atoms with van der Waals surface area (Å²) in [7, 11) is -4.01. The summed E-state index contributed by atoms with van der Waals surface area (Å²) in [5, 5.41) is 0. The van der Waals surface area contributed by atoms with Gasteiger partial charge in [0.2, 0.25) is 0 Å². The summed E-state index contributed by atoms with van der Waals surface area (Å²) in [5.74, 6) is 0. The van der Waals surface area contributed by atoms with E-state index < -0.39 is 17.1 Å². The molecule has 0 aromatic heterocycles. The molecule has 0 amide bonds. The van der Waals surface area contributed by atoms with Crippen LogP contribution < -0.4 is 0 Å². The molecule has 0 aromatic rings. The molecule has 0 saturated heterocycles. The first-order valence-corrected chi connectivity index (χ1v) is 16.2. The third-order valence-corrected chi connectivity index (χ3v) is 13.0. The molecule has 28 heavy (non-hydrogen) atoms. The van der Waals surface area contributed by atoms with Crippen LogP contribution in [0.2, 0.25) is 24.2 Å². The van der Waals surface area contributed by atoms with Crippen LogP contribution in [0, 0.1) is 0 Å². The van der Waals surface area contributed by atoms with Crippen molar-refractivity contribution in [3.8, 4) is 0 Å². The highest BCUT2D eigenvalue weighted by Crippen LogP contribution is 2.23. The summed E-state index contributed by atoms with van der Waals surface area (Å²) in [5.41, 5.74) is 0. The molecular formula is C21H49NO4Si2. The lowest BCUT2D eigenvalue weighted by Gasteiger charge is -2.31. The molecule has 170 valence electrons. The zero-order chi connectivity index (χ0) is 21.3. The standard InChI is InChI=1S/C21H49NO4Si2/c1-8-17-22(18-15-20-27(13-6,23-9-2)24-10-3)19-16-21-28(14-7,25-11-4)26-12-5/h8-21H2,1-7H3. The minimum Gasteiger partial charge on any atom is -0.394 e. The summed E-state index contributed by atoms with van der Waals surface area (Å²) in [6.07, 6.45) is 3.52. The number of rotatable bonds is 20. The second-order valence-electron chi connectivity index (χ2n) is 7.31. The molecule has 0 rings (SSSR count). The highest BCUT2D eigenvalue weighted by Gasteiger charge is 2.35. The summed E-state index contributed by atoms with van der Waals surface area (Å²) >= 11 is 0. The second kappa shape index (κ2) is 17.0. The van der Waals surface area contributed by atoms with Gasteiger partial charge in [0.1, 0.15) is 0 Å². The van der Waals surface area contributed by atoms with Gasteiger partial charge in [-0.1, -0.05) is 20.8 Å². The van der Waals surface area contributed by atoms with Gasteiger partial charge in [0.25, 0.3) is 0 Å². The smallest absolute Gasteiger partial charge is 0.337 e. The van der Waals surface area contributed by atoms with Crippen molar-refractivity contribution in [3.63, 3.8) is 0 Å². The molecule has 0 aromatic carbocycles. The summed E-state index contributed by atoms with van der Waals surface area (Å²) in [4.78, 5) is 2.61. The predicted molar refractivity (Wildman–Crippen MR) is 125 cm³/mol. The average molecular weight is 436 g/mol. The maximum atomic E-state index is 6.13. The first-order chi connectivity index (χ1) is 13.5. The van der Waals surface area contributed by atoms with E-state index in [1.165, 1.54) is 6.42 Å². The Bertz CT molecular complexity index is 319. The molecule has 0 atom stereocenters. The quantitative estimate of drug-likeness (QED) is 0.234. The van der Waals surface area contributed by atoms with E-state index in [0.29, 0.717) is 0 Å². The van der Waals surface area contributed by atoms with E-state index in [4.69, 9.17) is 17.7 Å². The maximum Gasteiger partial charge on any atom is 0.337 e. The van der Waals surface area contributed by atoms with E-state index >= 15 is 0 Å². The van der Waals surface area contributed by atoms with Gasteiger partial charge in [-0.05, 0) is 90.8 Å². The molecule has 0 aliphatic carbocycles. The largest absolute Gasteiger partial charge is 0.394 e. The SMILES string of the molecule is CCCN(CCC[Si](CC)(OCC)OCC)CCC[Si](CC)(OCC)OCC. The Morgan fingerprint density at radius 1 is 0.536 bits per heavy atom. The van der Waals surface area contributed by atoms with Crippen LogP contribution >= 0.6 is 0 Å². The lowest BCUT2D eigenvalue weighted by Crippen LogP contribution is -2.43. The van der Waals surface area contributed by atoms with Crippen molar-refractivity contribution < 1.29 is 17.7 Å². The van der Waals surface area contributed by atoms with Crippen LogP contribution in [0.25, 0.3) is 0 Å². The molecule has 7 heteroatoms. The highest BCUT2D eigenvalue weighted by molar-refractivity contribution is 6.67. The zero-order valence-electron chi connectivity index (χ0n) is 20.0. The fourth-order valence-electron chi connectivity index (χ4n) is 3.98. The van der Waals surface area contributed by atoms with Crippen LogP contribution in [-0.4, -0.2) is 68.1 Å². The van der Waals surface area contributed by atoms with E-state index in [1.54, 1.807) is 0 Å². The molecule has 0 unspecified atom stereocenters. The van der Waals surface area contributed by atoms with Gasteiger partial charge in [0.15, 0.2) is 0 Å². The third-order valence-electron chi connectivity index (χ3n) is 5.31. The normalized spacial score (nSPS) is 12.9. The van der Waals surface area contributed by atoms with E-state index in [1.807, 2.05) is 0 Å². The highest BCUT2D eigenvalue weighted by atomic mass is 28.4. The van der Waals surface area contributed by atoms with Crippen LogP contribution in [0.1, 0.15) is 67.7 Å². The Labute approximate surface area is 178 Å². The van der Waals surface area contributed by atoms with Crippen molar-refractivity contribution in [2.75, 3.05) is 46.1 Å². The van der Waals surface area contributed by atoms with Crippen LogP contribution in [0.5, 0.6) is 0 Å². The lowest BCUT2D eigenvalue weighted by molar-refractivity contribution is 0.177. The number of hydrogen-bond donors (Lipinski definition) is 0. The molecule has 0 saturated carbocycles. The van der Waals surface area contributed by atoms with Gasteiger partial charge in [-0.25, -0.2) is 0 Å². The van der Waals surface area contributed by atoms with E-state index in [-0.39, 0.29) is 0 Å². The molecule has 0 heterocycles. The fourth-order valence-corrected chi connectivity index (χ4v) is 9.75. The Hall–Kier alpha value is 0.234. The molecular weight excluding hydrogens is 386 g/mol. The van der Waals surface area contributed by atoms with Crippen LogP contribution in [-0.2, 0) is 17.7 Å². The van der Waals surface area contributed by atoms with Gasteiger partial charge in [0.05, 0.1) is 0 Å². The molecule has 0 spiro atoms. The molecule has 0 radical (unpaired) electrons. The fraction of sp³-hybridized carbons (Fsp3) is 1.00. The summed E-state index contributed by atoms with van der Waals surface area (Å²) < 4.78 is 24.5. The molecule has 0 aliphatic rings. The first kappa shape index (κ1) is 28.2. The lowest BCUT2D eigenvalue weighted by atomic mass is 10.3. The van der Waals surface area contributed by atoms with Gasteiger partial charge in [-0.15, -0.1) is 0 Å². The van der Waals surface area contributed by atoms with Gasteiger partial charge in [0, 0.05) is 26.4 Å². The minimum atomic E-state index is -2.01. The summed E-state index contributed by atoms with van der Waals surface area (Å²) in [6, 6.07) is 4.26. The van der Waals surface area contributed by atoms with Crippen molar-refractivity contribution in [2.24, 2.45) is 0 Å². The topological polar surface area (TPSA) is 40.2 Å². The Kier molecular flexibility index (Phi) is 17.1. The van der Waals surface area contributed by atoms with E-state index in [0.717, 1.165) is 83.1 Å². The van der Waals surface area contributed by atoms with Gasteiger partial charge in [-0.2, -0.15) is 0 Å². The molecule has 0 fully saturated rings. The zero-order valence-corrected chi connectivity index (χ0v) is 22.0. The van der Waals surface area contributed by atoms with Crippen molar-refractivity contribution in [3.05, 3.63) is 0 Å². The summed E-state index contributed by atoms with van der Waals surface area (Å²) in [6.45, 7) is 21.5. The Morgan fingerprint density at radius 2 is 0.893 bits per heavy atom. The van der Waals surface area contributed by atoms with E-state index in [9.17, 15) is 0 Å². The average Bonchev–Trinajstić information content (AvgIpc) is 2.68. The number of hydrogen-bond acceptors (Lipinski definition) is 5. The van der Waals surface area contributed by atoms with Crippen LogP contribution in [0.15, 0.2) is 0 Å². The van der Waals surface area contributed by atoms with Crippen molar-refractivity contribution in [2.45, 2.75) is 91.9 Å². The van der Waals surface area contributed by atoms with Crippen molar-refractivity contribution >= 4 is 17.1 Å². The minimum absolute atomic E-state index is 0.761. The predicted octanol–water partition coefficient (Wildman–Crippen LogP) is 5.55. The molecule has 5 nitrogen and oxygen atoms in total. The van der Waals surface area contributed by atoms with Crippen molar-refractivity contribution in [1.82, 2.24) is 4.90 Å². The monoisotopic (exact) mass is 435 g/mol.